The van der Waals surface area contributed by atoms with Crippen LogP contribution in [0.5, 0.6) is 0 Å². The topological polar surface area (TPSA) is 84.6 Å². The molecule has 0 radical (unpaired) electrons. The highest BCUT2D eigenvalue weighted by Gasteiger charge is 2.42. The van der Waals surface area contributed by atoms with Gasteiger partial charge in [0.25, 0.3) is 0 Å². The van der Waals surface area contributed by atoms with Crippen LogP contribution in [0.3, 0.4) is 0 Å². The molecule has 0 unspecified atom stereocenters. The Labute approximate surface area is 227 Å². The van der Waals surface area contributed by atoms with E-state index >= 15 is 0 Å². The average molecular weight is 557 g/mol. The Morgan fingerprint density at radius 2 is 1.92 bits per heavy atom. The molecule has 6 nitrogen and oxygen atoms in total. The maximum absolute atomic E-state index is 13.9. The largest absolute Gasteiger partial charge is 0.492 e. The van der Waals surface area contributed by atoms with Crippen molar-refractivity contribution in [1.82, 2.24) is 4.98 Å². The van der Waals surface area contributed by atoms with Crippen LogP contribution < -0.4 is 16.2 Å². The van der Waals surface area contributed by atoms with Crippen LogP contribution in [-0.4, -0.2) is 17.1 Å². The van der Waals surface area contributed by atoms with Crippen LogP contribution in [0, 0.1) is 13.8 Å². The number of alkyl halides is 3. The lowest BCUT2D eigenvalue weighted by Gasteiger charge is -2.17. The van der Waals surface area contributed by atoms with Crippen LogP contribution >= 0.6 is 11.6 Å². The van der Waals surface area contributed by atoms with Crippen molar-refractivity contribution >= 4 is 40.8 Å². The molecule has 1 aliphatic rings. The quantitative estimate of drug-likeness (QED) is 0.228. The van der Waals surface area contributed by atoms with Crippen molar-refractivity contribution in [2.24, 2.45) is 0 Å². The summed E-state index contributed by atoms with van der Waals surface area (Å²) in [5, 5.41) is 13.8. The molecule has 0 bridgehead atoms. The molecule has 2 N–H and O–H groups in total. The number of aryl methyl sites for hydroxylation is 1. The van der Waals surface area contributed by atoms with Crippen LogP contribution in [0.15, 0.2) is 45.6 Å². The fourth-order valence-electron chi connectivity index (χ4n) is 5.06. The van der Waals surface area contributed by atoms with E-state index in [1.165, 1.54) is 12.1 Å². The van der Waals surface area contributed by atoms with Gasteiger partial charge in [-0.25, -0.2) is 4.98 Å². The van der Waals surface area contributed by atoms with E-state index in [1.54, 1.807) is 19.1 Å². The number of benzene rings is 2. The summed E-state index contributed by atoms with van der Waals surface area (Å²) in [5.74, 6) is 0.607. The molecule has 5 rings (SSSR count). The molecule has 3 heterocycles. The fraction of sp³-hybridized carbons (Fsp3) is 0.286. The normalized spacial score (nSPS) is 13.4. The SMILES string of the molecule is Cc1cc(CNc2ccc(Cl)nc2-c2cc3c(c(C(F)(F)F)c2)B(O)OC3)c2oc(C(C)C)c(C)c(=O)c2c1. The second kappa shape index (κ2) is 10.0. The summed E-state index contributed by atoms with van der Waals surface area (Å²) in [4.78, 5) is 17.4. The molecular formula is C28H25BClF3N2O4. The van der Waals surface area contributed by atoms with E-state index in [2.05, 4.69) is 10.3 Å². The molecule has 0 atom stereocenters. The zero-order valence-corrected chi connectivity index (χ0v) is 22.4. The molecule has 2 aromatic heterocycles. The van der Waals surface area contributed by atoms with Gasteiger partial charge in [-0.1, -0.05) is 31.5 Å². The number of anilines is 1. The first-order chi connectivity index (χ1) is 18.3. The maximum atomic E-state index is 13.9. The van der Waals surface area contributed by atoms with Gasteiger partial charge in [-0.15, -0.1) is 0 Å². The molecule has 202 valence electrons. The first kappa shape index (κ1) is 27.2. The highest BCUT2D eigenvalue weighted by molar-refractivity contribution is 6.62. The fourth-order valence-corrected chi connectivity index (χ4v) is 5.20. The molecule has 0 saturated heterocycles. The summed E-state index contributed by atoms with van der Waals surface area (Å²) in [6.07, 6.45) is -4.72. The summed E-state index contributed by atoms with van der Waals surface area (Å²) < 4.78 is 53.1. The maximum Gasteiger partial charge on any atom is 0.492 e. The first-order valence-corrected chi connectivity index (χ1v) is 12.7. The van der Waals surface area contributed by atoms with Gasteiger partial charge < -0.3 is 19.4 Å². The van der Waals surface area contributed by atoms with Crippen molar-refractivity contribution in [2.45, 2.75) is 52.9 Å². The minimum absolute atomic E-state index is 0.00131. The molecule has 0 spiro atoms. The van der Waals surface area contributed by atoms with Gasteiger partial charge >= 0.3 is 13.3 Å². The number of aromatic nitrogens is 1. The molecule has 11 heteroatoms. The number of nitrogens with one attached hydrogen (secondary N) is 1. The Bertz CT molecular complexity index is 1670. The van der Waals surface area contributed by atoms with E-state index in [4.69, 9.17) is 20.7 Å². The Hall–Kier alpha value is -3.34. The van der Waals surface area contributed by atoms with E-state index < -0.39 is 18.9 Å². The number of fused-ring (bicyclic) bond motifs is 2. The molecular weight excluding hydrogens is 532 g/mol. The number of rotatable bonds is 5. The van der Waals surface area contributed by atoms with Crippen LogP contribution in [0.2, 0.25) is 5.15 Å². The lowest BCUT2D eigenvalue weighted by molar-refractivity contribution is -0.136. The van der Waals surface area contributed by atoms with Gasteiger partial charge in [0, 0.05) is 29.2 Å². The lowest BCUT2D eigenvalue weighted by Crippen LogP contribution is -2.34. The van der Waals surface area contributed by atoms with Crippen LogP contribution in [0.4, 0.5) is 18.9 Å². The molecule has 0 saturated carbocycles. The van der Waals surface area contributed by atoms with Gasteiger partial charge in [0.05, 0.1) is 28.9 Å². The number of pyridine rings is 1. The molecule has 1 aliphatic heterocycles. The van der Waals surface area contributed by atoms with Crippen LogP contribution in [-0.2, 0) is 24.0 Å². The molecule has 0 fully saturated rings. The zero-order chi connectivity index (χ0) is 28.2. The highest BCUT2D eigenvalue weighted by atomic mass is 35.5. The van der Waals surface area contributed by atoms with E-state index in [9.17, 15) is 23.0 Å². The van der Waals surface area contributed by atoms with E-state index in [0.717, 1.165) is 11.6 Å². The summed E-state index contributed by atoms with van der Waals surface area (Å²) in [5.41, 5.74) is 2.25. The Morgan fingerprint density at radius 1 is 1.18 bits per heavy atom. The van der Waals surface area contributed by atoms with Crippen molar-refractivity contribution in [3.63, 3.8) is 0 Å². The summed E-state index contributed by atoms with van der Waals surface area (Å²) >= 11 is 6.16. The van der Waals surface area contributed by atoms with Crippen molar-refractivity contribution in [2.75, 3.05) is 5.32 Å². The highest BCUT2D eigenvalue weighted by Crippen LogP contribution is 2.36. The Kier molecular flexibility index (Phi) is 6.99. The molecule has 0 amide bonds. The Morgan fingerprint density at radius 3 is 2.62 bits per heavy atom. The van der Waals surface area contributed by atoms with Crippen molar-refractivity contribution in [3.05, 3.63) is 85.4 Å². The third-order valence-corrected chi connectivity index (χ3v) is 7.03. The smallest absolute Gasteiger partial charge is 0.460 e. The Balaban J connectivity index is 1.60. The molecule has 2 aromatic carbocycles. The third-order valence-electron chi connectivity index (χ3n) is 6.82. The molecule has 39 heavy (non-hydrogen) atoms. The summed E-state index contributed by atoms with van der Waals surface area (Å²) in [6, 6.07) is 9.32. The standard InChI is InChI=1S/C28H25BClF3N2O4/c1-13(2)26-15(4)25(36)19-8-14(3)7-17(27(19)39-26)11-34-21-5-6-22(30)35-24(21)16-9-18-12-38-29(37)23(18)20(10-16)28(31,32)33/h5-10,13,34,37H,11-12H2,1-4H3. The first-order valence-electron chi connectivity index (χ1n) is 12.4. The summed E-state index contributed by atoms with van der Waals surface area (Å²) in [6.45, 7) is 7.57. The van der Waals surface area contributed by atoms with Crippen molar-refractivity contribution in [1.29, 1.82) is 0 Å². The number of hydrogen-bond acceptors (Lipinski definition) is 6. The minimum atomic E-state index is -4.72. The van der Waals surface area contributed by atoms with E-state index in [-0.39, 0.29) is 51.9 Å². The van der Waals surface area contributed by atoms with Crippen molar-refractivity contribution < 1.29 is 27.3 Å². The predicted molar refractivity (Wildman–Crippen MR) is 145 cm³/mol. The van der Waals surface area contributed by atoms with E-state index in [0.29, 0.717) is 33.5 Å². The molecule has 0 aliphatic carbocycles. The second-order valence-corrected chi connectivity index (χ2v) is 10.4. The van der Waals surface area contributed by atoms with Gasteiger partial charge in [0.15, 0.2) is 5.43 Å². The van der Waals surface area contributed by atoms with Gasteiger partial charge in [0.1, 0.15) is 16.5 Å². The van der Waals surface area contributed by atoms with Gasteiger partial charge in [-0.3, -0.25) is 4.79 Å². The summed E-state index contributed by atoms with van der Waals surface area (Å²) in [7, 11) is -1.65. The van der Waals surface area contributed by atoms with Crippen molar-refractivity contribution in [3.8, 4) is 11.3 Å². The minimum Gasteiger partial charge on any atom is -0.460 e. The average Bonchev–Trinajstić information content (AvgIpc) is 3.24. The van der Waals surface area contributed by atoms with Crippen LogP contribution in [0.1, 0.15) is 53.3 Å². The van der Waals surface area contributed by atoms with E-state index in [1.807, 2.05) is 26.8 Å². The third kappa shape index (κ3) is 5.04. The lowest BCUT2D eigenvalue weighted by atomic mass is 9.75. The zero-order valence-electron chi connectivity index (χ0n) is 21.7. The van der Waals surface area contributed by atoms with Gasteiger partial charge in [-0.05, 0) is 60.8 Å². The second-order valence-electron chi connectivity index (χ2n) is 10.0. The van der Waals surface area contributed by atoms with Gasteiger partial charge in [-0.2, -0.15) is 13.2 Å². The van der Waals surface area contributed by atoms with Crippen LogP contribution in [0.25, 0.3) is 22.2 Å². The number of hydrogen-bond donors (Lipinski definition) is 2. The number of nitrogens with zero attached hydrogens (tertiary/aromatic N) is 1. The predicted octanol–water partition coefficient (Wildman–Crippen LogP) is 6.10. The monoisotopic (exact) mass is 556 g/mol. The van der Waals surface area contributed by atoms with Gasteiger partial charge in [0.2, 0.25) is 0 Å². The number of halogens is 4. The molecule has 4 aromatic rings.